The lowest BCUT2D eigenvalue weighted by molar-refractivity contribution is 0.553. The first-order valence-electron chi connectivity index (χ1n) is 6.27. The predicted molar refractivity (Wildman–Crippen MR) is 75.4 cm³/mol. The van der Waals surface area contributed by atoms with Gasteiger partial charge in [-0.2, -0.15) is 0 Å². The van der Waals surface area contributed by atoms with Gasteiger partial charge in [0.15, 0.2) is 5.82 Å². The Morgan fingerprint density at radius 1 is 1.10 bits per heavy atom. The van der Waals surface area contributed by atoms with E-state index >= 15 is 0 Å². The number of halogens is 2. The van der Waals surface area contributed by atoms with Crippen LogP contribution in [0.1, 0.15) is 5.56 Å². The Morgan fingerprint density at radius 3 is 2.57 bits per heavy atom. The molecule has 1 heterocycles. The van der Waals surface area contributed by atoms with Gasteiger partial charge in [0.2, 0.25) is 0 Å². The molecule has 2 N–H and O–H groups in total. The number of nitrogens with two attached hydrogens (primary N) is 1. The second-order valence-electron chi connectivity index (χ2n) is 4.73. The third-order valence-electron chi connectivity index (χ3n) is 3.50. The minimum atomic E-state index is -4.11. The van der Waals surface area contributed by atoms with Gasteiger partial charge in [0.05, 0.1) is 5.69 Å². The van der Waals surface area contributed by atoms with Crippen molar-refractivity contribution in [2.45, 2.75) is 11.3 Å². The van der Waals surface area contributed by atoms with Gasteiger partial charge < -0.3 is 5.73 Å². The van der Waals surface area contributed by atoms with Crippen molar-refractivity contribution in [1.82, 2.24) is 0 Å². The molecule has 0 atom stereocenters. The number of benzene rings is 2. The molecule has 0 unspecified atom stereocenters. The topological polar surface area (TPSA) is 63.4 Å². The molecule has 21 heavy (non-hydrogen) atoms. The number of fused-ring (bicyclic) bond motifs is 1. The van der Waals surface area contributed by atoms with Crippen LogP contribution < -0.4 is 10.0 Å². The maximum absolute atomic E-state index is 14.0. The van der Waals surface area contributed by atoms with E-state index in [2.05, 4.69) is 0 Å². The van der Waals surface area contributed by atoms with Crippen LogP contribution in [-0.4, -0.2) is 15.0 Å². The first-order chi connectivity index (χ1) is 9.93. The van der Waals surface area contributed by atoms with Crippen molar-refractivity contribution in [3.8, 4) is 0 Å². The highest BCUT2D eigenvalue weighted by Gasteiger charge is 2.33. The lowest BCUT2D eigenvalue weighted by Gasteiger charge is -2.20. The number of sulfonamides is 1. The molecule has 110 valence electrons. The highest BCUT2D eigenvalue weighted by atomic mass is 32.2. The molecule has 1 aliphatic rings. The standard InChI is InChI=1S/C14H12F2N2O2S/c15-10-5-6-12(13(16)14(10)17)21(19,20)18-8-7-9-3-1-2-4-11(9)18/h1-6H,7-8,17H2. The van der Waals surface area contributed by atoms with Crippen LogP contribution in [0.15, 0.2) is 41.3 Å². The fourth-order valence-electron chi connectivity index (χ4n) is 2.42. The Bertz CT molecular complexity index is 822. The number of hydrogen-bond acceptors (Lipinski definition) is 3. The predicted octanol–water partition coefficient (Wildman–Crippen LogP) is 2.30. The molecule has 0 amide bonds. The Balaban J connectivity index is 2.13. The monoisotopic (exact) mass is 310 g/mol. The average molecular weight is 310 g/mol. The summed E-state index contributed by atoms with van der Waals surface area (Å²) in [4.78, 5) is -0.613. The lowest BCUT2D eigenvalue weighted by Crippen LogP contribution is -2.30. The maximum Gasteiger partial charge on any atom is 0.267 e. The van der Waals surface area contributed by atoms with Crippen molar-refractivity contribution < 1.29 is 17.2 Å². The lowest BCUT2D eigenvalue weighted by atomic mass is 10.2. The molecule has 4 nitrogen and oxygen atoms in total. The Labute approximate surface area is 120 Å². The fourth-order valence-corrected chi connectivity index (χ4v) is 4.01. The number of anilines is 2. The van der Waals surface area contributed by atoms with E-state index in [1.165, 1.54) is 0 Å². The summed E-state index contributed by atoms with van der Waals surface area (Å²) in [5.41, 5.74) is 5.84. The van der Waals surface area contributed by atoms with Crippen molar-refractivity contribution in [2.75, 3.05) is 16.6 Å². The van der Waals surface area contributed by atoms with Crippen molar-refractivity contribution in [3.05, 3.63) is 53.6 Å². The molecule has 0 spiro atoms. The van der Waals surface area contributed by atoms with Gasteiger partial charge in [-0.25, -0.2) is 17.2 Å². The number of rotatable bonds is 2. The molecule has 0 bridgehead atoms. The highest BCUT2D eigenvalue weighted by Crippen LogP contribution is 2.34. The maximum atomic E-state index is 14.0. The Kier molecular flexibility index (Phi) is 3.09. The number of nitrogen functional groups attached to an aromatic ring is 1. The summed E-state index contributed by atoms with van der Waals surface area (Å²) in [5.74, 6) is -2.23. The summed E-state index contributed by atoms with van der Waals surface area (Å²) in [6.07, 6.45) is 0.549. The summed E-state index contributed by atoms with van der Waals surface area (Å²) in [7, 11) is -4.11. The van der Waals surface area contributed by atoms with Gasteiger partial charge in [0, 0.05) is 6.54 Å². The van der Waals surface area contributed by atoms with E-state index in [1.807, 2.05) is 12.1 Å². The van der Waals surface area contributed by atoms with E-state index in [4.69, 9.17) is 5.73 Å². The van der Waals surface area contributed by atoms with Gasteiger partial charge in [-0.15, -0.1) is 0 Å². The van der Waals surface area contributed by atoms with E-state index in [0.717, 1.165) is 22.0 Å². The molecule has 0 saturated carbocycles. The molecular weight excluding hydrogens is 298 g/mol. The van der Waals surface area contributed by atoms with Crippen molar-refractivity contribution in [1.29, 1.82) is 0 Å². The largest absolute Gasteiger partial charge is 0.394 e. The summed E-state index contributed by atoms with van der Waals surface area (Å²) >= 11 is 0. The SMILES string of the molecule is Nc1c(F)ccc(S(=O)(=O)N2CCc3ccccc32)c1F. The van der Waals surface area contributed by atoms with E-state index in [1.54, 1.807) is 12.1 Å². The van der Waals surface area contributed by atoms with Crippen LogP contribution >= 0.6 is 0 Å². The summed E-state index contributed by atoms with van der Waals surface area (Å²) in [6.45, 7) is 0.221. The van der Waals surface area contributed by atoms with Gasteiger partial charge in [-0.1, -0.05) is 18.2 Å². The molecule has 0 saturated heterocycles. The third kappa shape index (κ3) is 2.04. The van der Waals surface area contributed by atoms with E-state index < -0.39 is 32.2 Å². The molecule has 0 fully saturated rings. The minimum absolute atomic E-state index is 0.221. The van der Waals surface area contributed by atoms with E-state index in [-0.39, 0.29) is 6.54 Å². The first kappa shape index (κ1) is 13.8. The Hall–Kier alpha value is -2.15. The van der Waals surface area contributed by atoms with Crippen molar-refractivity contribution in [2.24, 2.45) is 0 Å². The quantitative estimate of drug-likeness (QED) is 0.866. The molecule has 2 aromatic carbocycles. The molecule has 1 aliphatic heterocycles. The van der Waals surface area contributed by atoms with Crippen LogP contribution in [0.4, 0.5) is 20.2 Å². The normalized spacial score (nSPS) is 14.3. The smallest absolute Gasteiger partial charge is 0.267 e. The van der Waals surface area contributed by atoms with Gasteiger partial charge in [-0.05, 0) is 30.2 Å². The summed E-state index contributed by atoms with van der Waals surface area (Å²) in [5, 5.41) is 0. The first-order valence-corrected chi connectivity index (χ1v) is 7.71. The van der Waals surface area contributed by atoms with Crippen LogP contribution in [0.2, 0.25) is 0 Å². The molecule has 0 radical (unpaired) electrons. The molecule has 2 aromatic rings. The second-order valence-corrected chi connectivity index (χ2v) is 6.56. The van der Waals surface area contributed by atoms with Gasteiger partial charge in [0.1, 0.15) is 16.4 Å². The van der Waals surface area contributed by atoms with E-state index in [9.17, 15) is 17.2 Å². The molecule has 0 aromatic heterocycles. The number of para-hydroxylation sites is 1. The van der Waals surface area contributed by atoms with Gasteiger partial charge >= 0.3 is 0 Å². The number of nitrogens with zero attached hydrogens (tertiary/aromatic N) is 1. The molecule has 7 heteroatoms. The van der Waals surface area contributed by atoms with Gasteiger partial charge in [0.25, 0.3) is 10.0 Å². The zero-order valence-electron chi connectivity index (χ0n) is 10.9. The fraction of sp³-hybridized carbons (Fsp3) is 0.143. The van der Waals surface area contributed by atoms with Crippen molar-refractivity contribution in [3.63, 3.8) is 0 Å². The second kappa shape index (κ2) is 4.70. The van der Waals surface area contributed by atoms with Crippen LogP contribution in [0.3, 0.4) is 0 Å². The molecule has 3 rings (SSSR count). The summed E-state index contributed by atoms with van der Waals surface area (Å²) in [6, 6.07) is 8.75. The Morgan fingerprint density at radius 2 is 1.81 bits per heavy atom. The zero-order valence-corrected chi connectivity index (χ0v) is 11.7. The molecule has 0 aliphatic carbocycles. The van der Waals surface area contributed by atoms with Crippen LogP contribution in [-0.2, 0) is 16.4 Å². The van der Waals surface area contributed by atoms with E-state index in [0.29, 0.717) is 12.1 Å². The molecular formula is C14H12F2N2O2S. The highest BCUT2D eigenvalue weighted by molar-refractivity contribution is 7.92. The van der Waals surface area contributed by atoms with Crippen LogP contribution in [0.25, 0.3) is 0 Å². The number of hydrogen-bond donors (Lipinski definition) is 1. The zero-order chi connectivity index (χ0) is 15.2. The van der Waals surface area contributed by atoms with Crippen molar-refractivity contribution >= 4 is 21.4 Å². The minimum Gasteiger partial charge on any atom is -0.394 e. The van der Waals surface area contributed by atoms with Crippen LogP contribution in [0.5, 0.6) is 0 Å². The summed E-state index contributed by atoms with van der Waals surface area (Å²) < 4.78 is 53.5. The van der Waals surface area contributed by atoms with Crippen LogP contribution in [0, 0.1) is 11.6 Å². The third-order valence-corrected chi connectivity index (χ3v) is 5.33. The average Bonchev–Trinajstić information content (AvgIpc) is 2.89. The van der Waals surface area contributed by atoms with Gasteiger partial charge in [-0.3, -0.25) is 4.31 Å².